The first-order chi connectivity index (χ1) is 17.1. The molecule has 10 heteroatoms. The Morgan fingerprint density at radius 2 is 1.81 bits per heavy atom. The molecule has 1 saturated heterocycles. The summed E-state index contributed by atoms with van der Waals surface area (Å²) in [5.41, 5.74) is 2.89. The van der Waals surface area contributed by atoms with Gasteiger partial charge in [-0.15, -0.1) is 0 Å². The summed E-state index contributed by atoms with van der Waals surface area (Å²) in [7, 11) is -3.04. The largest absolute Gasteiger partial charge is 0.372 e. The molecule has 3 aromatic rings. The molecule has 5 rings (SSSR count). The molecule has 9 nitrogen and oxygen atoms in total. The first-order valence-electron chi connectivity index (χ1n) is 12.3. The Balaban J connectivity index is 1.29. The molecule has 0 unspecified atom stereocenters. The van der Waals surface area contributed by atoms with Crippen LogP contribution < -0.4 is 10.2 Å². The van der Waals surface area contributed by atoms with Gasteiger partial charge >= 0.3 is 0 Å². The zero-order valence-electron chi connectivity index (χ0n) is 20.7. The fourth-order valence-corrected chi connectivity index (χ4v) is 6.04. The van der Waals surface area contributed by atoms with Crippen LogP contribution in [-0.2, 0) is 25.8 Å². The van der Waals surface area contributed by atoms with E-state index in [1.807, 2.05) is 36.4 Å². The maximum Gasteiger partial charge on any atom is 0.226 e. The van der Waals surface area contributed by atoms with E-state index in [1.54, 1.807) is 6.20 Å². The lowest BCUT2D eigenvalue weighted by atomic mass is 9.92. The van der Waals surface area contributed by atoms with Gasteiger partial charge in [-0.3, -0.25) is 9.78 Å². The van der Waals surface area contributed by atoms with Gasteiger partial charge in [-0.05, 0) is 57.0 Å². The minimum absolute atomic E-state index is 0.0989. The van der Waals surface area contributed by atoms with Gasteiger partial charge in [0.25, 0.3) is 0 Å². The van der Waals surface area contributed by atoms with Crippen LogP contribution in [0.5, 0.6) is 0 Å². The highest BCUT2D eigenvalue weighted by molar-refractivity contribution is 7.91. The summed E-state index contributed by atoms with van der Waals surface area (Å²) in [5, 5.41) is 3.43. The van der Waals surface area contributed by atoms with Crippen molar-refractivity contribution in [2.45, 2.75) is 56.6 Å². The number of carbonyl (C=O) groups is 1. The average molecular weight is 510 g/mol. The van der Waals surface area contributed by atoms with Crippen molar-refractivity contribution in [3.63, 3.8) is 0 Å². The number of carbonyl (C=O) groups excluding carboxylic acids is 1. The molecule has 1 aliphatic carbocycles. The molecule has 2 aliphatic rings. The molecule has 36 heavy (non-hydrogen) atoms. The van der Waals surface area contributed by atoms with Crippen molar-refractivity contribution in [3.05, 3.63) is 48.3 Å². The second kappa shape index (κ2) is 9.74. The average Bonchev–Trinajstić information content (AvgIpc) is 2.79. The number of hydrogen-bond acceptors (Lipinski definition) is 8. The normalized spacial score (nSPS) is 24.4. The number of anilines is 1. The highest BCUT2D eigenvalue weighted by Crippen LogP contribution is 2.27. The number of amides is 1. The van der Waals surface area contributed by atoms with Crippen molar-refractivity contribution >= 4 is 32.5 Å². The van der Waals surface area contributed by atoms with Crippen LogP contribution >= 0.6 is 0 Å². The molecule has 1 N–H and O–H groups in total. The zero-order chi connectivity index (χ0) is 25.4. The number of nitrogens with one attached hydrogen (secondary N) is 1. The highest BCUT2D eigenvalue weighted by atomic mass is 32.2. The molecule has 1 aliphatic heterocycles. The Morgan fingerprint density at radius 3 is 2.53 bits per heavy atom. The van der Waals surface area contributed by atoms with E-state index >= 15 is 0 Å². The zero-order valence-corrected chi connectivity index (χ0v) is 21.5. The van der Waals surface area contributed by atoms with E-state index in [2.05, 4.69) is 29.0 Å². The Morgan fingerprint density at radius 1 is 1.08 bits per heavy atom. The number of pyridine rings is 3. The van der Waals surface area contributed by atoms with Gasteiger partial charge in [-0.1, -0.05) is 6.07 Å². The summed E-state index contributed by atoms with van der Waals surface area (Å²) in [4.78, 5) is 28.8. The van der Waals surface area contributed by atoms with Gasteiger partial charge in [0.1, 0.15) is 15.7 Å². The molecule has 2 atom stereocenters. The Hall–Kier alpha value is -3.11. The third-order valence-electron chi connectivity index (χ3n) is 6.78. The molecule has 1 saturated carbocycles. The quantitative estimate of drug-likeness (QED) is 0.539. The van der Waals surface area contributed by atoms with Crippen LogP contribution in [0.25, 0.3) is 22.3 Å². The van der Waals surface area contributed by atoms with E-state index in [9.17, 15) is 13.2 Å². The second-order valence-corrected chi connectivity index (χ2v) is 12.3. The second-order valence-electron chi connectivity index (χ2n) is 9.97. The van der Waals surface area contributed by atoms with Crippen LogP contribution in [0, 0.1) is 0 Å². The number of aromatic nitrogens is 3. The molecule has 1 amide bonds. The molecule has 2 fully saturated rings. The first kappa shape index (κ1) is 24.6. The number of fused-ring (bicyclic) bond motifs is 1. The molecule has 0 bridgehead atoms. The van der Waals surface area contributed by atoms with Crippen molar-refractivity contribution in [2.75, 3.05) is 24.2 Å². The van der Waals surface area contributed by atoms with Gasteiger partial charge in [0.2, 0.25) is 5.91 Å². The minimum Gasteiger partial charge on any atom is -0.372 e. The van der Waals surface area contributed by atoms with Crippen molar-refractivity contribution in [3.8, 4) is 11.4 Å². The summed E-state index contributed by atoms with van der Waals surface area (Å²) in [6.45, 7) is 5.72. The van der Waals surface area contributed by atoms with Gasteiger partial charge in [-0.2, -0.15) is 0 Å². The van der Waals surface area contributed by atoms with Crippen LogP contribution in [0.1, 0.15) is 32.4 Å². The number of sulfone groups is 1. The number of nitrogens with zero attached hydrogens (tertiary/aromatic N) is 4. The number of rotatable bonds is 6. The van der Waals surface area contributed by atoms with Crippen molar-refractivity contribution < 1.29 is 17.9 Å². The van der Waals surface area contributed by atoms with Gasteiger partial charge in [0.15, 0.2) is 0 Å². The lowest BCUT2D eigenvalue weighted by Crippen LogP contribution is -2.49. The minimum atomic E-state index is -3.04. The van der Waals surface area contributed by atoms with E-state index in [4.69, 9.17) is 14.7 Å². The lowest BCUT2D eigenvalue weighted by molar-refractivity contribution is -0.121. The van der Waals surface area contributed by atoms with Gasteiger partial charge in [0.05, 0.1) is 46.5 Å². The number of ether oxygens (including phenoxy) is 1. The summed E-state index contributed by atoms with van der Waals surface area (Å²) in [6, 6.07) is 11.6. The number of morpholine rings is 1. The van der Waals surface area contributed by atoms with E-state index in [0.29, 0.717) is 18.5 Å². The van der Waals surface area contributed by atoms with Crippen LogP contribution in [0.3, 0.4) is 0 Å². The fourth-order valence-electron chi connectivity index (χ4n) is 4.88. The Labute approximate surface area is 211 Å². The van der Waals surface area contributed by atoms with E-state index < -0.39 is 9.84 Å². The number of hydrogen-bond donors (Lipinski definition) is 1. The molecule has 4 heterocycles. The van der Waals surface area contributed by atoms with Crippen LogP contribution in [0.2, 0.25) is 0 Å². The first-order valence-corrected chi connectivity index (χ1v) is 14.2. The van der Waals surface area contributed by atoms with Gasteiger partial charge in [0, 0.05) is 37.0 Å². The third-order valence-corrected chi connectivity index (χ3v) is 8.37. The Kier molecular flexibility index (Phi) is 6.65. The SMILES string of the molecule is C[C@@H]1CN(c2cccc(-c3ccc4cnc(CC(=O)NC5CC(S(C)(=O)=O)C5)cc4n3)n2)C[C@H](C)O1. The molecule has 0 radical (unpaired) electrons. The maximum atomic E-state index is 12.5. The van der Waals surface area contributed by atoms with Crippen LogP contribution in [-0.4, -0.2) is 72.1 Å². The maximum absolute atomic E-state index is 12.5. The predicted molar refractivity (Wildman–Crippen MR) is 138 cm³/mol. The topological polar surface area (TPSA) is 114 Å². The van der Waals surface area contributed by atoms with Gasteiger partial charge in [-0.25, -0.2) is 18.4 Å². The van der Waals surface area contributed by atoms with E-state index in [1.165, 1.54) is 6.26 Å². The monoisotopic (exact) mass is 509 g/mol. The molecule has 3 aromatic heterocycles. The van der Waals surface area contributed by atoms with E-state index in [-0.39, 0.29) is 35.8 Å². The summed E-state index contributed by atoms with van der Waals surface area (Å²) in [6.07, 6.45) is 4.30. The summed E-state index contributed by atoms with van der Waals surface area (Å²) >= 11 is 0. The smallest absolute Gasteiger partial charge is 0.226 e. The van der Waals surface area contributed by atoms with Crippen molar-refractivity contribution in [1.29, 1.82) is 0 Å². The Bertz CT molecular complexity index is 1380. The van der Waals surface area contributed by atoms with Crippen molar-refractivity contribution in [2.24, 2.45) is 0 Å². The standard InChI is InChI=1S/C26H31N5O4S/c1-16-14-31(15-17(2)35-16)25-6-4-5-22(30-25)23-8-7-18-13-27-19(11-24(18)29-23)12-26(32)28-20-9-21(10-20)36(3,33)34/h4-8,11,13,16-17,20-21H,9-10,12,14-15H2,1-3H3,(H,28,32)/t16-,17+,20?,21?. The third kappa shape index (κ3) is 5.49. The van der Waals surface area contributed by atoms with Gasteiger partial charge < -0.3 is 15.0 Å². The van der Waals surface area contributed by atoms with Crippen LogP contribution in [0.4, 0.5) is 5.82 Å². The summed E-state index contributed by atoms with van der Waals surface area (Å²) in [5.74, 6) is 0.732. The van der Waals surface area contributed by atoms with Crippen LogP contribution in [0.15, 0.2) is 42.6 Å². The van der Waals surface area contributed by atoms with Crippen molar-refractivity contribution in [1.82, 2.24) is 20.3 Å². The molecule has 0 spiro atoms. The lowest BCUT2D eigenvalue weighted by Gasteiger charge is -2.36. The molecular weight excluding hydrogens is 478 g/mol. The van der Waals surface area contributed by atoms with E-state index in [0.717, 1.165) is 41.2 Å². The highest BCUT2D eigenvalue weighted by Gasteiger charge is 2.36. The molecule has 0 aromatic carbocycles. The predicted octanol–water partition coefficient (Wildman–Crippen LogP) is 2.54. The summed E-state index contributed by atoms with van der Waals surface area (Å²) < 4.78 is 29.0. The molecule has 190 valence electrons. The fraction of sp³-hybridized carbons (Fsp3) is 0.462. The molecular formula is C26H31N5O4S.